The van der Waals surface area contributed by atoms with Crippen LogP contribution in [0.5, 0.6) is 0 Å². The average Bonchev–Trinajstić information content (AvgIpc) is 3.26. The van der Waals surface area contributed by atoms with Crippen molar-refractivity contribution in [3.63, 3.8) is 0 Å². The van der Waals surface area contributed by atoms with Gasteiger partial charge in [0.05, 0.1) is 17.0 Å². The predicted molar refractivity (Wildman–Crippen MR) is 118 cm³/mol. The van der Waals surface area contributed by atoms with E-state index in [9.17, 15) is 4.79 Å². The van der Waals surface area contributed by atoms with E-state index in [1.54, 1.807) is 6.08 Å². The van der Waals surface area contributed by atoms with Gasteiger partial charge in [0.25, 0.3) is 5.91 Å². The number of carbonyl (C=O) groups excluding carboxylic acids is 1. The summed E-state index contributed by atoms with van der Waals surface area (Å²) in [5.41, 5.74) is 6.12. The van der Waals surface area contributed by atoms with Crippen LogP contribution in [0.15, 0.2) is 63.6 Å². The number of anilines is 1. The van der Waals surface area contributed by atoms with E-state index in [4.69, 9.17) is 16.0 Å². The number of benzene rings is 2. The first-order valence-electron chi connectivity index (χ1n) is 9.39. The third kappa shape index (κ3) is 3.52. The highest BCUT2D eigenvalue weighted by molar-refractivity contribution is 6.32. The summed E-state index contributed by atoms with van der Waals surface area (Å²) in [6, 6.07) is 15.3. The summed E-state index contributed by atoms with van der Waals surface area (Å²) in [6.45, 7) is 7.85. The summed E-state index contributed by atoms with van der Waals surface area (Å²) in [4.78, 5) is 13.0. The number of carbonyl (C=O) groups is 1. The maximum Gasteiger partial charge on any atom is 0.280 e. The lowest BCUT2D eigenvalue weighted by molar-refractivity contribution is -0.114. The minimum Gasteiger partial charge on any atom is -0.457 e. The lowest BCUT2D eigenvalue weighted by Crippen LogP contribution is -2.21. The molecule has 1 amide bonds. The van der Waals surface area contributed by atoms with Crippen molar-refractivity contribution in [1.82, 2.24) is 0 Å². The minimum absolute atomic E-state index is 0.164. The van der Waals surface area contributed by atoms with Gasteiger partial charge in [0.15, 0.2) is 0 Å². The molecule has 146 valence electrons. The van der Waals surface area contributed by atoms with Gasteiger partial charge >= 0.3 is 0 Å². The van der Waals surface area contributed by atoms with Gasteiger partial charge in [0, 0.05) is 10.6 Å². The van der Waals surface area contributed by atoms with E-state index in [-0.39, 0.29) is 5.91 Å². The Kier molecular flexibility index (Phi) is 4.89. The zero-order valence-electron chi connectivity index (χ0n) is 16.8. The van der Waals surface area contributed by atoms with Gasteiger partial charge in [-0.25, -0.2) is 0 Å². The van der Waals surface area contributed by atoms with Crippen LogP contribution in [0.1, 0.15) is 29.4 Å². The highest BCUT2D eigenvalue weighted by atomic mass is 35.5. The fraction of sp³-hybridized carbons (Fsp3) is 0.167. The van der Waals surface area contributed by atoms with E-state index in [0.717, 1.165) is 22.4 Å². The third-order valence-electron chi connectivity index (χ3n) is 5.24. The van der Waals surface area contributed by atoms with Gasteiger partial charge in [-0.15, -0.1) is 0 Å². The molecule has 0 atom stereocenters. The zero-order chi connectivity index (χ0) is 20.7. The maximum atomic E-state index is 13.0. The summed E-state index contributed by atoms with van der Waals surface area (Å²) in [5.74, 6) is 1.14. The number of hydrazone groups is 1. The number of nitrogens with zero attached hydrogens (tertiary/aromatic N) is 2. The van der Waals surface area contributed by atoms with Crippen LogP contribution in [0.2, 0.25) is 5.02 Å². The summed E-state index contributed by atoms with van der Waals surface area (Å²) in [5, 5.41) is 6.59. The quantitative estimate of drug-likeness (QED) is 0.478. The smallest absolute Gasteiger partial charge is 0.280 e. The van der Waals surface area contributed by atoms with Crippen molar-refractivity contribution in [3.8, 4) is 11.3 Å². The van der Waals surface area contributed by atoms with Crippen molar-refractivity contribution in [3.05, 3.63) is 81.6 Å². The second-order valence-corrected chi connectivity index (χ2v) is 7.65. The van der Waals surface area contributed by atoms with Gasteiger partial charge in [0.1, 0.15) is 11.5 Å². The predicted octanol–water partition coefficient (Wildman–Crippen LogP) is 6.33. The fourth-order valence-electron chi connectivity index (χ4n) is 3.31. The molecule has 0 saturated heterocycles. The van der Waals surface area contributed by atoms with E-state index < -0.39 is 0 Å². The Morgan fingerprint density at radius 2 is 1.79 bits per heavy atom. The van der Waals surface area contributed by atoms with E-state index in [0.29, 0.717) is 27.8 Å². The van der Waals surface area contributed by atoms with Gasteiger partial charge < -0.3 is 4.42 Å². The highest BCUT2D eigenvalue weighted by Crippen LogP contribution is 2.31. The molecule has 0 spiro atoms. The average molecular weight is 405 g/mol. The zero-order valence-corrected chi connectivity index (χ0v) is 17.5. The van der Waals surface area contributed by atoms with Crippen LogP contribution in [-0.2, 0) is 4.79 Å². The van der Waals surface area contributed by atoms with Crippen LogP contribution in [0, 0.1) is 20.8 Å². The Labute approximate surface area is 175 Å². The molecule has 0 saturated carbocycles. The van der Waals surface area contributed by atoms with E-state index in [1.165, 1.54) is 10.6 Å². The number of halogens is 1. The topological polar surface area (TPSA) is 45.8 Å². The number of hydrogen-bond donors (Lipinski definition) is 0. The molecule has 0 fully saturated rings. The molecule has 4 rings (SSSR count). The Morgan fingerprint density at radius 3 is 2.55 bits per heavy atom. The van der Waals surface area contributed by atoms with Crippen LogP contribution < -0.4 is 5.01 Å². The molecular formula is C24H21ClN2O2. The Bertz CT molecular complexity index is 1190. The lowest BCUT2D eigenvalue weighted by atomic mass is 10.1. The van der Waals surface area contributed by atoms with E-state index >= 15 is 0 Å². The first-order valence-corrected chi connectivity index (χ1v) is 9.77. The van der Waals surface area contributed by atoms with Gasteiger partial charge in [-0.05, 0) is 80.8 Å². The molecule has 0 unspecified atom stereocenters. The number of furan rings is 1. The molecule has 5 heteroatoms. The van der Waals surface area contributed by atoms with Crippen molar-refractivity contribution in [1.29, 1.82) is 0 Å². The molecule has 2 heterocycles. The molecule has 0 bridgehead atoms. The molecule has 1 aliphatic heterocycles. The largest absolute Gasteiger partial charge is 0.457 e. The van der Waals surface area contributed by atoms with Crippen molar-refractivity contribution < 1.29 is 9.21 Å². The van der Waals surface area contributed by atoms with Crippen LogP contribution >= 0.6 is 11.6 Å². The second kappa shape index (κ2) is 7.37. The molecule has 1 aliphatic rings. The summed E-state index contributed by atoms with van der Waals surface area (Å²) >= 11 is 6.22. The lowest BCUT2D eigenvalue weighted by Gasteiger charge is -2.13. The first-order chi connectivity index (χ1) is 13.8. The second-order valence-electron chi connectivity index (χ2n) is 7.24. The molecule has 29 heavy (non-hydrogen) atoms. The minimum atomic E-state index is -0.164. The first kappa shape index (κ1) is 19.2. The summed E-state index contributed by atoms with van der Waals surface area (Å²) in [7, 11) is 0. The fourth-order valence-corrected chi connectivity index (χ4v) is 3.48. The summed E-state index contributed by atoms with van der Waals surface area (Å²) < 4.78 is 5.98. The standard InChI is InChI=1S/C24H21ClN2O2/c1-14-8-9-18(12-15(14)2)27-24(28)21(17(4)26-27)13-19-10-11-23(29-19)20-6-5-7-22(25)16(20)3/h5-13H,1-4H3/b21-13-. The van der Waals surface area contributed by atoms with E-state index in [1.807, 2.05) is 76.2 Å². The van der Waals surface area contributed by atoms with Crippen LogP contribution in [-0.4, -0.2) is 11.6 Å². The number of hydrogen-bond acceptors (Lipinski definition) is 3. The third-order valence-corrected chi connectivity index (χ3v) is 5.65. The van der Waals surface area contributed by atoms with Gasteiger partial charge in [0.2, 0.25) is 0 Å². The molecule has 1 aromatic heterocycles. The normalized spacial score (nSPS) is 15.3. The highest BCUT2D eigenvalue weighted by Gasteiger charge is 2.29. The van der Waals surface area contributed by atoms with Crippen LogP contribution in [0.4, 0.5) is 5.69 Å². The van der Waals surface area contributed by atoms with E-state index in [2.05, 4.69) is 5.10 Å². The Balaban J connectivity index is 1.65. The SMILES string of the molecule is CC1=NN(c2ccc(C)c(C)c2)C(=O)/C1=C\c1ccc(-c2cccc(Cl)c2C)o1. The number of rotatable bonds is 3. The van der Waals surface area contributed by atoms with Gasteiger partial charge in [-0.1, -0.05) is 29.8 Å². The van der Waals surface area contributed by atoms with Crippen molar-refractivity contribution in [2.24, 2.45) is 5.10 Å². The molecule has 0 aliphatic carbocycles. The number of aryl methyl sites for hydroxylation is 2. The van der Waals surface area contributed by atoms with Crippen LogP contribution in [0.25, 0.3) is 17.4 Å². The summed E-state index contributed by atoms with van der Waals surface area (Å²) in [6.07, 6.45) is 1.74. The number of amides is 1. The van der Waals surface area contributed by atoms with Crippen molar-refractivity contribution >= 4 is 35.0 Å². The maximum absolute atomic E-state index is 13.0. The van der Waals surface area contributed by atoms with Gasteiger partial charge in [-0.3, -0.25) is 4.79 Å². The molecule has 3 aromatic rings. The molecule has 0 N–H and O–H groups in total. The Morgan fingerprint density at radius 1 is 1.00 bits per heavy atom. The monoisotopic (exact) mass is 404 g/mol. The molecule has 0 radical (unpaired) electrons. The van der Waals surface area contributed by atoms with Crippen LogP contribution in [0.3, 0.4) is 0 Å². The molecular weight excluding hydrogens is 384 g/mol. The Hall–Kier alpha value is -3.11. The van der Waals surface area contributed by atoms with Crippen molar-refractivity contribution in [2.75, 3.05) is 5.01 Å². The van der Waals surface area contributed by atoms with Gasteiger partial charge in [-0.2, -0.15) is 10.1 Å². The molecule has 4 nitrogen and oxygen atoms in total. The molecule has 2 aromatic carbocycles. The van der Waals surface area contributed by atoms with Crippen molar-refractivity contribution in [2.45, 2.75) is 27.7 Å².